The topological polar surface area (TPSA) is 15.3 Å². The molecule has 2 nitrogen and oxygen atoms in total. The minimum Gasteiger partial charge on any atom is -0.370 e. The maximum Gasteiger partial charge on any atom is 0.0399 e. The molecule has 1 N–H and O–H groups in total. The highest BCUT2D eigenvalue weighted by Gasteiger charge is 2.31. The van der Waals surface area contributed by atoms with Crippen molar-refractivity contribution in [3.63, 3.8) is 0 Å². The Kier molecular flexibility index (Phi) is 3.53. The number of piperidine rings is 1. The summed E-state index contributed by atoms with van der Waals surface area (Å²) in [5.74, 6) is 0.778. The number of fused-ring (bicyclic) bond motifs is 1. The van der Waals surface area contributed by atoms with E-state index in [0.717, 1.165) is 5.92 Å². The van der Waals surface area contributed by atoms with Gasteiger partial charge in [0.25, 0.3) is 0 Å². The van der Waals surface area contributed by atoms with Crippen LogP contribution in [0.5, 0.6) is 0 Å². The quantitative estimate of drug-likeness (QED) is 0.877. The van der Waals surface area contributed by atoms with Gasteiger partial charge in [-0.1, -0.05) is 32.0 Å². The largest absolute Gasteiger partial charge is 0.370 e. The van der Waals surface area contributed by atoms with Gasteiger partial charge in [-0.15, -0.1) is 0 Å². The molecule has 1 saturated heterocycles. The monoisotopic (exact) mass is 258 g/mol. The van der Waals surface area contributed by atoms with E-state index in [4.69, 9.17) is 0 Å². The summed E-state index contributed by atoms with van der Waals surface area (Å²) in [6, 6.07) is 8.99. The van der Waals surface area contributed by atoms with E-state index in [1.54, 1.807) is 5.56 Å². The number of benzene rings is 1. The lowest BCUT2D eigenvalue weighted by Gasteiger charge is -2.43. The van der Waals surface area contributed by atoms with Crippen LogP contribution in [-0.4, -0.2) is 26.2 Å². The summed E-state index contributed by atoms with van der Waals surface area (Å²) in [4.78, 5) is 2.65. The molecular weight excluding hydrogens is 232 g/mol. The van der Waals surface area contributed by atoms with Crippen molar-refractivity contribution < 1.29 is 0 Å². The van der Waals surface area contributed by atoms with Gasteiger partial charge < -0.3 is 10.2 Å². The fourth-order valence-electron chi connectivity index (χ4n) is 3.71. The third-order valence-corrected chi connectivity index (χ3v) is 4.82. The SMILES string of the molecule is CC1Cc2ccccc2N(CC2(C)CCNCC2)C1. The van der Waals surface area contributed by atoms with Gasteiger partial charge in [-0.05, 0) is 55.3 Å². The van der Waals surface area contributed by atoms with Crippen molar-refractivity contribution in [3.05, 3.63) is 29.8 Å². The highest BCUT2D eigenvalue weighted by molar-refractivity contribution is 5.55. The lowest BCUT2D eigenvalue weighted by atomic mass is 9.79. The minimum absolute atomic E-state index is 0.482. The fourth-order valence-corrected chi connectivity index (χ4v) is 3.71. The molecule has 1 atom stereocenters. The molecule has 0 spiro atoms. The number of hydrogen-bond donors (Lipinski definition) is 1. The molecule has 1 aromatic carbocycles. The van der Waals surface area contributed by atoms with Crippen molar-refractivity contribution >= 4 is 5.69 Å². The van der Waals surface area contributed by atoms with Crippen LogP contribution in [0.1, 0.15) is 32.3 Å². The number of rotatable bonds is 2. The molecule has 1 fully saturated rings. The molecule has 0 aromatic heterocycles. The Balaban J connectivity index is 1.81. The highest BCUT2D eigenvalue weighted by atomic mass is 15.1. The first-order valence-electron chi connectivity index (χ1n) is 7.70. The van der Waals surface area contributed by atoms with Crippen molar-refractivity contribution in [2.45, 2.75) is 33.1 Å². The molecule has 2 heterocycles. The molecular formula is C17H26N2. The summed E-state index contributed by atoms with van der Waals surface area (Å²) in [5, 5.41) is 3.49. The summed E-state index contributed by atoms with van der Waals surface area (Å²) in [7, 11) is 0. The van der Waals surface area contributed by atoms with E-state index in [-0.39, 0.29) is 0 Å². The van der Waals surface area contributed by atoms with Gasteiger partial charge in [0.1, 0.15) is 0 Å². The molecule has 19 heavy (non-hydrogen) atoms. The van der Waals surface area contributed by atoms with E-state index >= 15 is 0 Å². The van der Waals surface area contributed by atoms with Crippen molar-refractivity contribution in [2.24, 2.45) is 11.3 Å². The van der Waals surface area contributed by atoms with Crippen LogP contribution in [0.15, 0.2) is 24.3 Å². The van der Waals surface area contributed by atoms with Gasteiger partial charge in [-0.3, -0.25) is 0 Å². The molecule has 1 unspecified atom stereocenters. The summed E-state index contributed by atoms with van der Waals surface area (Å²) < 4.78 is 0. The zero-order chi connectivity index (χ0) is 13.3. The standard InChI is InChI=1S/C17H26N2/c1-14-11-15-5-3-4-6-16(15)19(12-14)13-17(2)7-9-18-10-8-17/h3-6,14,18H,7-13H2,1-2H3. The molecule has 0 saturated carbocycles. The Morgan fingerprint density at radius 3 is 2.79 bits per heavy atom. The summed E-state index contributed by atoms with van der Waals surface area (Å²) >= 11 is 0. The van der Waals surface area contributed by atoms with Crippen molar-refractivity contribution in [1.82, 2.24) is 5.32 Å². The first kappa shape index (κ1) is 13.0. The lowest BCUT2D eigenvalue weighted by Crippen LogP contribution is -2.46. The summed E-state index contributed by atoms with van der Waals surface area (Å²) in [5.41, 5.74) is 3.51. The Hall–Kier alpha value is -1.02. The Morgan fingerprint density at radius 2 is 2.00 bits per heavy atom. The second-order valence-corrected chi connectivity index (χ2v) is 6.88. The lowest BCUT2D eigenvalue weighted by molar-refractivity contribution is 0.230. The van der Waals surface area contributed by atoms with Gasteiger partial charge in [0.2, 0.25) is 0 Å². The van der Waals surface area contributed by atoms with Crippen LogP contribution in [-0.2, 0) is 6.42 Å². The molecule has 0 bridgehead atoms. The average Bonchev–Trinajstić information content (AvgIpc) is 2.39. The van der Waals surface area contributed by atoms with Gasteiger partial charge in [0.15, 0.2) is 0 Å². The number of para-hydroxylation sites is 1. The van der Waals surface area contributed by atoms with Crippen LogP contribution < -0.4 is 10.2 Å². The van der Waals surface area contributed by atoms with Gasteiger partial charge >= 0.3 is 0 Å². The molecule has 3 rings (SSSR count). The molecule has 104 valence electrons. The van der Waals surface area contributed by atoms with Crippen LogP contribution in [0.3, 0.4) is 0 Å². The van der Waals surface area contributed by atoms with Crippen LogP contribution >= 0.6 is 0 Å². The maximum atomic E-state index is 3.49. The third-order valence-electron chi connectivity index (χ3n) is 4.82. The van der Waals surface area contributed by atoms with Crippen molar-refractivity contribution in [1.29, 1.82) is 0 Å². The second-order valence-electron chi connectivity index (χ2n) is 6.88. The summed E-state index contributed by atoms with van der Waals surface area (Å²) in [6.45, 7) is 9.66. The van der Waals surface area contributed by atoms with Gasteiger partial charge in [-0.2, -0.15) is 0 Å². The first-order chi connectivity index (χ1) is 9.16. The van der Waals surface area contributed by atoms with E-state index in [9.17, 15) is 0 Å². The van der Waals surface area contributed by atoms with E-state index in [0.29, 0.717) is 5.41 Å². The number of nitrogens with zero attached hydrogens (tertiary/aromatic N) is 1. The first-order valence-corrected chi connectivity index (χ1v) is 7.70. The molecule has 2 heteroatoms. The van der Waals surface area contributed by atoms with Crippen LogP contribution in [0.4, 0.5) is 5.69 Å². The number of anilines is 1. The predicted molar refractivity (Wildman–Crippen MR) is 81.7 cm³/mol. The molecule has 1 aromatic rings. The van der Waals surface area contributed by atoms with Gasteiger partial charge in [-0.25, -0.2) is 0 Å². The molecule has 0 radical (unpaired) electrons. The zero-order valence-electron chi connectivity index (χ0n) is 12.3. The van der Waals surface area contributed by atoms with Crippen LogP contribution in [0, 0.1) is 11.3 Å². The van der Waals surface area contributed by atoms with Crippen molar-refractivity contribution in [2.75, 3.05) is 31.1 Å². The molecule has 0 aliphatic carbocycles. The average molecular weight is 258 g/mol. The maximum absolute atomic E-state index is 3.49. The third kappa shape index (κ3) is 2.79. The molecule has 2 aliphatic heterocycles. The van der Waals surface area contributed by atoms with E-state index < -0.39 is 0 Å². The van der Waals surface area contributed by atoms with Gasteiger partial charge in [0, 0.05) is 18.8 Å². The Labute approximate surface area is 117 Å². The summed E-state index contributed by atoms with van der Waals surface area (Å²) in [6.07, 6.45) is 3.85. The number of nitrogens with one attached hydrogen (secondary N) is 1. The Bertz CT molecular complexity index is 435. The molecule has 2 aliphatic rings. The smallest absolute Gasteiger partial charge is 0.0399 e. The fraction of sp³-hybridized carbons (Fsp3) is 0.647. The van der Waals surface area contributed by atoms with Crippen LogP contribution in [0.2, 0.25) is 0 Å². The molecule has 0 amide bonds. The number of hydrogen-bond acceptors (Lipinski definition) is 2. The van der Waals surface area contributed by atoms with Crippen molar-refractivity contribution in [3.8, 4) is 0 Å². The van der Waals surface area contributed by atoms with E-state index in [2.05, 4.69) is 48.3 Å². The zero-order valence-corrected chi connectivity index (χ0v) is 12.3. The van der Waals surface area contributed by atoms with Gasteiger partial charge in [0.05, 0.1) is 0 Å². The van der Waals surface area contributed by atoms with E-state index in [1.807, 2.05) is 0 Å². The Morgan fingerprint density at radius 1 is 1.26 bits per heavy atom. The normalized spacial score (nSPS) is 26.0. The predicted octanol–water partition coefficient (Wildman–Crippen LogP) is 3.07. The van der Waals surface area contributed by atoms with E-state index in [1.165, 1.54) is 51.1 Å². The van der Waals surface area contributed by atoms with Crippen LogP contribution in [0.25, 0.3) is 0 Å². The highest BCUT2D eigenvalue weighted by Crippen LogP contribution is 2.35. The minimum atomic E-state index is 0.482. The second kappa shape index (κ2) is 5.16.